The first-order valence-corrected chi connectivity index (χ1v) is 10.4. The van der Waals surface area contributed by atoms with Crippen LogP contribution in [0, 0.1) is 17.2 Å². The fraction of sp³-hybridized carbons (Fsp3) is 0.375. The number of aromatic hydroxyl groups is 1. The van der Waals surface area contributed by atoms with Crippen LogP contribution in [0.2, 0.25) is 0 Å². The van der Waals surface area contributed by atoms with Crippen LogP contribution in [0.25, 0.3) is 16.5 Å². The second-order valence-electron chi connectivity index (χ2n) is 9.36. The lowest BCUT2D eigenvalue weighted by molar-refractivity contribution is -0.160. The molecule has 2 aromatic carbocycles. The molecule has 0 saturated heterocycles. The van der Waals surface area contributed by atoms with Crippen LogP contribution in [-0.4, -0.2) is 25.8 Å². The van der Waals surface area contributed by atoms with Crippen LogP contribution in [0.5, 0.6) is 5.88 Å². The van der Waals surface area contributed by atoms with Crippen LogP contribution in [0.1, 0.15) is 56.8 Å². The molecule has 2 heterocycles. The fourth-order valence-electron chi connectivity index (χ4n) is 5.18. The molecule has 1 N–H and O–H groups in total. The van der Waals surface area contributed by atoms with Gasteiger partial charge in [0.25, 0.3) is 0 Å². The number of nitrogens with zero attached hydrogens (tertiary/aromatic N) is 3. The van der Waals surface area contributed by atoms with Gasteiger partial charge in [-0.2, -0.15) is 5.26 Å². The van der Waals surface area contributed by atoms with E-state index in [0.29, 0.717) is 35.2 Å². The Morgan fingerprint density at radius 2 is 1.87 bits per heavy atom. The number of esters is 1. The van der Waals surface area contributed by atoms with E-state index in [1.165, 1.54) is 4.57 Å². The van der Waals surface area contributed by atoms with Gasteiger partial charge in [0.1, 0.15) is 5.60 Å². The molecule has 7 heteroatoms. The summed E-state index contributed by atoms with van der Waals surface area (Å²) in [5.41, 5.74) is 0.618. The molecule has 0 spiro atoms. The number of rotatable bonds is 2. The normalized spacial score (nSPS) is 21.8. The van der Waals surface area contributed by atoms with Crippen molar-refractivity contribution in [2.75, 3.05) is 0 Å². The highest BCUT2D eigenvalue weighted by molar-refractivity contribution is 5.94. The molecule has 1 aromatic heterocycles. The quantitative estimate of drug-likeness (QED) is 0.641. The Morgan fingerprint density at radius 3 is 2.55 bits per heavy atom. The maximum atomic E-state index is 13.4. The SMILES string of the molecule is CC(C)(C)OC(=O)C1C[C@@H]2C[C@H]1c1c(O)n(-c3ccc(C#N)c4ccccc34)c(=O)n12. The standard InChI is InChI=1S/C24H23N3O4/c1-24(2,3)31-22(29)18-11-14-10-17(18)20-21(28)27(23(30)26(14)20)19-9-8-13(12-25)15-6-4-5-7-16(15)19/h4-9,14,17-18,28H,10-11H2,1-3H3/t14-,17+,18?/m0/s1. The molecule has 3 aromatic rings. The molecule has 1 aliphatic heterocycles. The molecule has 1 unspecified atom stereocenters. The number of ether oxygens (including phenoxy) is 1. The first-order valence-electron chi connectivity index (χ1n) is 10.4. The summed E-state index contributed by atoms with van der Waals surface area (Å²) >= 11 is 0. The molecule has 1 aliphatic carbocycles. The number of imidazole rings is 1. The van der Waals surface area contributed by atoms with Gasteiger partial charge in [-0.05, 0) is 45.7 Å². The molecule has 7 nitrogen and oxygen atoms in total. The topological polar surface area (TPSA) is 97.2 Å². The van der Waals surface area contributed by atoms with Crippen molar-refractivity contribution >= 4 is 16.7 Å². The van der Waals surface area contributed by atoms with Crippen molar-refractivity contribution in [1.82, 2.24) is 9.13 Å². The van der Waals surface area contributed by atoms with Crippen molar-refractivity contribution in [2.45, 2.75) is 51.2 Å². The predicted molar refractivity (Wildman–Crippen MR) is 114 cm³/mol. The Balaban J connectivity index is 1.64. The van der Waals surface area contributed by atoms with Crippen LogP contribution in [-0.2, 0) is 9.53 Å². The lowest BCUT2D eigenvalue weighted by atomic mass is 9.92. The molecule has 0 amide bonds. The highest BCUT2D eigenvalue weighted by Gasteiger charge is 2.52. The van der Waals surface area contributed by atoms with Gasteiger partial charge in [-0.25, -0.2) is 9.36 Å². The van der Waals surface area contributed by atoms with E-state index in [9.17, 15) is 20.0 Å². The zero-order chi connectivity index (χ0) is 22.1. The number of hydrogen-bond acceptors (Lipinski definition) is 5. The summed E-state index contributed by atoms with van der Waals surface area (Å²) in [5.74, 6) is -1.04. The number of aromatic nitrogens is 2. The van der Waals surface area contributed by atoms with Crippen molar-refractivity contribution < 1.29 is 14.6 Å². The summed E-state index contributed by atoms with van der Waals surface area (Å²) in [6.45, 7) is 5.49. The molecule has 158 valence electrons. The Hall–Kier alpha value is -3.53. The van der Waals surface area contributed by atoms with E-state index >= 15 is 0 Å². The van der Waals surface area contributed by atoms with E-state index in [1.807, 2.05) is 45.0 Å². The number of carbonyl (C=O) groups excluding carboxylic acids is 1. The number of nitriles is 1. The van der Waals surface area contributed by atoms with Gasteiger partial charge in [0, 0.05) is 22.7 Å². The molecule has 5 rings (SSSR count). The highest BCUT2D eigenvalue weighted by Crippen LogP contribution is 2.55. The van der Waals surface area contributed by atoms with Crippen molar-refractivity contribution in [3.63, 3.8) is 0 Å². The lowest BCUT2D eigenvalue weighted by Gasteiger charge is -2.26. The summed E-state index contributed by atoms with van der Waals surface area (Å²) in [6, 6.07) is 12.7. The maximum absolute atomic E-state index is 13.4. The second-order valence-corrected chi connectivity index (χ2v) is 9.36. The third-order valence-corrected chi connectivity index (χ3v) is 6.32. The van der Waals surface area contributed by atoms with Crippen LogP contribution in [0.3, 0.4) is 0 Å². The largest absolute Gasteiger partial charge is 0.493 e. The Kier molecular flexibility index (Phi) is 4.06. The molecule has 0 radical (unpaired) electrons. The average molecular weight is 417 g/mol. The number of benzene rings is 2. The van der Waals surface area contributed by atoms with Crippen LogP contribution < -0.4 is 5.69 Å². The summed E-state index contributed by atoms with van der Waals surface area (Å²) in [4.78, 5) is 26.1. The molecule has 31 heavy (non-hydrogen) atoms. The number of carbonyl (C=O) groups is 1. The van der Waals surface area contributed by atoms with E-state index < -0.39 is 5.60 Å². The molecular formula is C24H23N3O4. The van der Waals surface area contributed by atoms with Gasteiger partial charge in [0.2, 0.25) is 5.88 Å². The van der Waals surface area contributed by atoms with Gasteiger partial charge in [-0.15, -0.1) is 0 Å². The molecule has 1 saturated carbocycles. The summed E-state index contributed by atoms with van der Waals surface area (Å²) in [5, 5.41) is 22.0. The third kappa shape index (κ3) is 2.78. The minimum absolute atomic E-state index is 0.137. The van der Waals surface area contributed by atoms with Gasteiger partial charge < -0.3 is 9.84 Å². The molecule has 3 atom stereocenters. The van der Waals surface area contributed by atoms with Crippen LogP contribution in [0.15, 0.2) is 41.2 Å². The monoisotopic (exact) mass is 417 g/mol. The number of fused-ring (bicyclic) bond motifs is 6. The molecule has 2 aliphatic rings. The van der Waals surface area contributed by atoms with Crippen molar-refractivity contribution in [3.8, 4) is 17.6 Å². The first-order chi connectivity index (χ1) is 14.7. The Morgan fingerprint density at radius 1 is 1.16 bits per heavy atom. The van der Waals surface area contributed by atoms with E-state index in [-0.39, 0.29) is 35.4 Å². The summed E-state index contributed by atoms with van der Waals surface area (Å²) in [6.07, 6.45) is 1.18. The van der Waals surface area contributed by atoms with Crippen molar-refractivity contribution in [3.05, 3.63) is 58.1 Å². The maximum Gasteiger partial charge on any atom is 0.336 e. The molecule has 2 bridgehead atoms. The smallest absolute Gasteiger partial charge is 0.336 e. The van der Waals surface area contributed by atoms with E-state index in [2.05, 4.69) is 6.07 Å². The van der Waals surface area contributed by atoms with Gasteiger partial charge in [0.05, 0.1) is 28.9 Å². The lowest BCUT2D eigenvalue weighted by Crippen LogP contribution is -2.33. The minimum atomic E-state index is -0.589. The van der Waals surface area contributed by atoms with Gasteiger partial charge in [-0.1, -0.05) is 24.3 Å². The second kappa shape index (κ2) is 6.48. The number of hydrogen-bond donors (Lipinski definition) is 1. The first kappa shape index (κ1) is 19.4. The molecular weight excluding hydrogens is 394 g/mol. The highest BCUT2D eigenvalue weighted by atomic mass is 16.6. The van der Waals surface area contributed by atoms with Crippen molar-refractivity contribution in [2.24, 2.45) is 5.92 Å². The van der Waals surface area contributed by atoms with E-state index in [4.69, 9.17) is 4.74 Å². The van der Waals surface area contributed by atoms with Crippen LogP contribution in [0.4, 0.5) is 0 Å². The zero-order valence-corrected chi connectivity index (χ0v) is 17.6. The molecule has 1 fully saturated rings. The zero-order valence-electron chi connectivity index (χ0n) is 17.6. The van der Waals surface area contributed by atoms with Crippen LogP contribution >= 0.6 is 0 Å². The van der Waals surface area contributed by atoms with E-state index in [0.717, 1.165) is 5.39 Å². The summed E-state index contributed by atoms with van der Waals surface area (Å²) in [7, 11) is 0. The van der Waals surface area contributed by atoms with Gasteiger partial charge in [0.15, 0.2) is 0 Å². The minimum Gasteiger partial charge on any atom is -0.493 e. The van der Waals surface area contributed by atoms with Gasteiger partial charge >= 0.3 is 11.7 Å². The Labute approximate surface area is 179 Å². The fourth-order valence-corrected chi connectivity index (χ4v) is 5.18. The summed E-state index contributed by atoms with van der Waals surface area (Å²) < 4.78 is 8.52. The Bertz CT molecular complexity index is 1340. The third-order valence-electron chi connectivity index (χ3n) is 6.32. The average Bonchev–Trinajstić information content (AvgIpc) is 3.38. The van der Waals surface area contributed by atoms with E-state index in [1.54, 1.807) is 16.7 Å². The van der Waals surface area contributed by atoms with Gasteiger partial charge in [-0.3, -0.25) is 9.36 Å². The predicted octanol–water partition coefficient (Wildman–Crippen LogP) is 3.76. The van der Waals surface area contributed by atoms with Crippen molar-refractivity contribution in [1.29, 1.82) is 5.26 Å².